The van der Waals surface area contributed by atoms with Crippen LogP contribution < -0.4 is 21.3 Å². The summed E-state index contributed by atoms with van der Waals surface area (Å²) in [5.74, 6) is -1.82. The summed E-state index contributed by atoms with van der Waals surface area (Å²) in [4.78, 5) is 24.7. The molecule has 3 rings (SSSR count). The van der Waals surface area contributed by atoms with Crippen molar-refractivity contribution < 1.29 is 23.5 Å². The zero-order valence-electron chi connectivity index (χ0n) is 15.7. The first kappa shape index (κ1) is 20.6. The van der Waals surface area contributed by atoms with Crippen molar-refractivity contribution in [3.63, 3.8) is 0 Å². The molecule has 0 bridgehead atoms. The molecule has 0 spiro atoms. The van der Waals surface area contributed by atoms with E-state index in [0.717, 1.165) is 18.2 Å². The van der Waals surface area contributed by atoms with Crippen molar-refractivity contribution in [1.29, 1.82) is 0 Å². The van der Waals surface area contributed by atoms with Crippen molar-refractivity contribution in [3.05, 3.63) is 35.4 Å². The van der Waals surface area contributed by atoms with Crippen LogP contribution in [0.3, 0.4) is 0 Å². The second-order valence-electron chi connectivity index (χ2n) is 7.61. The van der Waals surface area contributed by atoms with Gasteiger partial charge in [-0.1, -0.05) is 6.92 Å². The van der Waals surface area contributed by atoms with Crippen LogP contribution in [0.25, 0.3) is 0 Å². The molecular formula is C19H26F2N4O3. The molecule has 2 saturated heterocycles. The lowest BCUT2D eigenvalue weighted by molar-refractivity contribution is -0.130. The molecule has 1 aromatic carbocycles. The van der Waals surface area contributed by atoms with E-state index in [1.807, 2.05) is 6.92 Å². The first-order valence-corrected chi connectivity index (χ1v) is 9.51. The van der Waals surface area contributed by atoms with E-state index in [1.165, 1.54) is 0 Å². The maximum atomic E-state index is 13.6. The normalized spacial score (nSPS) is 27.1. The zero-order chi connectivity index (χ0) is 20.3. The topological polar surface area (TPSA) is 102 Å². The summed E-state index contributed by atoms with van der Waals surface area (Å²) in [5, 5.41) is 22.3. The minimum Gasteiger partial charge on any atom is -0.389 e. The number of aliphatic hydroxyl groups excluding tert-OH is 1. The van der Waals surface area contributed by atoms with Crippen LogP contribution in [0.1, 0.15) is 18.9 Å². The van der Waals surface area contributed by atoms with Crippen LogP contribution >= 0.6 is 0 Å². The highest BCUT2D eigenvalue weighted by molar-refractivity contribution is 5.84. The molecule has 28 heavy (non-hydrogen) atoms. The average Bonchev–Trinajstić information content (AvgIpc) is 3.07. The van der Waals surface area contributed by atoms with E-state index in [1.54, 1.807) is 0 Å². The van der Waals surface area contributed by atoms with Crippen molar-refractivity contribution >= 4 is 11.8 Å². The minimum atomic E-state index is -1.27. The molecule has 2 heterocycles. The molecule has 9 heteroatoms. The van der Waals surface area contributed by atoms with Gasteiger partial charge in [0.05, 0.1) is 18.2 Å². The van der Waals surface area contributed by atoms with Gasteiger partial charge in [0, 0.05) is 19.2 Å². The molecule has 0 saturated carbocycles. The lowest BCUT2D eigenvalue weighted by atomic mass is 9.94. The number of hydrogen-bond acceptors (Lipinski definition) is 5. The predicted octanol–water partition coefficient (Wildman–Crippen LogP) is -0.561. The van der Waals surface area contributed by atoms with Gasteiger partial charge in [0.25, 0.3) is 0 Å². The Morgan fingerprint density at radius 2 is 1.96 bits per heavy atom. The largest absolute Gasteiger partial charge is 0.389 e. The van der Waals surface area contributed by atoms with E-state index < -0.39 is 35.9 Å². The summed E-state index contributed by atoms with van der Waals surface area (Å²) in [6.07, 6.45) is -0.629. The van der Waals surface area contributed by atoms with Gasteiger partial charge in [-0.3, -0.25) is 9.59 Å². The maximum Gasteiger partial charge on any atom is 0.239 e. The molecule has 1 aromatic rings. The molecule has 0 radical (unpaired) electrons. The van der Waals surface area contributed by atoms with Crippen molar-refractivity contribution in [2.45, 2.75) is 44.0 Å². The number of aliphatic hydroxyl groups is 1. The van der Waals surface area contributed by atoms with Crippen molar-refractivity contribution in [1.82, 2.24) is 21.3 Å². The monoisotopic (exact) mass is 396 g/mol. The third-order valence-electron chi connectivity index (χ3n) is 5.20. The summed E-state index contributed by atoms with van der Waals surface area (Å²) in [5.41, 5.74) is 0.283. The highest BCUT2D eigenvalue weighted by Gasteiger charge is 2.37. The fourth-order valence-corrected chi connectivity index (χ4v) is 3.76. The van der Waals surface area contributed by atoms with Gasteiger partial charge in [-0.25, -0.2) is 8.78 Å². The van der Waals surface area contributed by atoms with Crippen molar-refractivity contribution in [2.24, 2.45) is 5.92 Å². The van der Waals surface area contributed by atoms with E-state index in [-0.39, 0.29) is 23.8 Å². The molecule has 5 atom stereocenters. The smallest absolute Gasteiger partial charge is 0.239 e. The Bertz CT molecular complexity index is 713. The standard InChI is InChI=1S/C19H26F2N4O3/c1-10-4-15(24-9-10)18(27)25-14(7-11-5-12(20)8-13(21)6-11)17(26)16-19(28)23-3-2-22-16/h5-6,8,10,14-17,22,24,26H,2-4,7,9H2,1H3,(H,23,28)(H,25,27)/t10-,14-,15-,16-,17-/m0/s1. The summed E-state index contributed by atoms with van der Waals surface area (Å²) in [6.45, 7) is 3.66. The molecular weight excluding hydrogens is 370 g/mol. The molecule has 0 unspecified atom stereocenters. The van der Waals surface area contributed by atoms with Crippen LogP contribution in [0.15, 0.2) is 18.2 Å². The van der Waals surface area contributed by atoms with Crippen molar-refractivity contribution in [3.8, 4) is 0 Å². The molecule has 7 nitrogen and oxygen atoms in total. The number of nitrogens with one attached hydrogen (secondary N) is 4. The number of benzene rings is 1. The molecule has 154 valence electrons. The van der Waals surface area contributed by atoms with Crippen LogP contribution in [0.5, 0.6) is 0 Å². The van der Waals surface area contributed by atoms with E-state index in [9.17, 15) is 23.5 Å². The first-order chi connectivity index (χ1) is 13.3. The maximum absolute atomic E-state index is 13.6. The highest BCUT2D eigenvalue weighted by atomic mass is 19.1. The highest BCUT2D eigenvalue weighted by Crippen LogP contribution is 2.16. The first-order valence-electron chi connectivity index (χ1n) is 9.51. The van der Waals surface area contributed by atoms with E-state index in [4.69, 9.17) is 0 Å². The predicted molar refractivity (Wildman–Crippen MR) is 98.4 cm³/mol. The summed E-state index contributed by atoms with van der Waals surface area (Å²) < 4.78 is 27.1. The molecule has 0 aromatic heterocycles. The third-order valence-corrected chi connectivity index (χ3v) is 5.20. The minimum absolute atomic E-state index is 0.0185. The van der Waals surface area contributed by atoms with Crippen LogP contribution in [0.4, 0.5) is 8.78 Å². The van der Waals surface area contributed by atoms with Gasteiger partial charge in [0.2, 0.25) is 11.8 Å². The molecule has 0 aliphatic carbocycles. The molecule has 2 fully saturated rings. The Hall–Kier alpha value is -2.10. The van der Waals surface area contributed by atoms with Crippen LogP contribution in [-0.4, -0.2) is 60.8 Å². The molecule has 2 aliphatic rings. The number of amides is 2. The Morgan fingerprint density at radius 3 is 2.57 bits per heavy atom. The number of carbonyl (C=O) groups is 2. The van der Waals surface area contributed by atoms with E-state index in [0.29, 0.717) is 32.0 Å². The SMILES string of the molecule is C[C@@H]1CN[C@H](C(=O)N[C@@H](Cc2cc(F)cc(F)c2)[C@H](O)[C@@H]2NCCNC2=O)C1. The summed E-state index contributed by atoms with van der Waals surface area (Å²) >= 11 is 0. The summed E-state index contributed by atoms with van der Waals surface area (Å²) in [7, 11) is 0. The van der Waals surface area contributed by atoms with Gasteiger partial charge >= 0.3 is 0 Å². The van der Waals surface area contributed by atoms with Gasteiger partial charge in [0.1, 0.15) is 17.7 Å². The fourth-order valence-electron chi connectivity index (χ4n) is 3.76. The van der Waals surface area contributed by atoms with E-state index in [2.05, 4.69) is 21.3 Å². The Morgan fingerprint density at radius 1 is 1.25 bits per heavy atom. The van der Waals surface area contributed by atoms with Gasteiger partial charge in [-0.15, -0.1) is 0 Å². The fraction of sp³-hybridized carbons (Fsp3) is 0.579. The van der Waals surface area contributed by atoms with Gasteiger partial charge < -0.3 is 26.4 Å². The number of rotatable bonds is 6. The van der Waals surface area contributed by atoms with Gasteiger partial charge in [0.15, 0.2) is 0 Å². The van der Waals surface area contributed by atoms with Gasteiger partial charge in [-0.2, -0.15) is 0 Å². The average molecular weight is 396 g/mol. The van der Waals surface area contributed by atoms with Crippen LogP contribution in [0.2, 0.25) is 0 Å². The second-order valence-corrected chi connectivity index (χ2v) is 7.61. The molecule has 2 aliphatic heterocycles. The third kappa shape index (κ3) is 5.03. The quantitative estimate of drug-likeness (QED) is 0.444. The number of halogens is 2. The summed E-state index contributed by atoms with van der Waals surface area (Å²) in [6, 6.07) is 0.842. The number of hydrogen-bond donors (Lipinski definition) is 5. The molecule has 5 N–H and O–H groups in total. The number of piperazine rings is 1. The van der Waals surface area contributed by atoms with Gasteiger partial charge in [-0.05, 0) is 43.0 Å². The lowest BCUT2D eigenvalue weighted by Gasteiger charge is -2.33. The second kappa shape index (κ2) is 8.93. The Kier molecular flexibility index (Phi) is 6.58. The van der Waals surface area contributed by atoms with Crippen LogP contribution in [0, 0.1) is 17.6 Å². The Balaban J connectivity index is 1.78. The van der Waals surface area contributed by atoms with Crippen LogP contribution in [-0.2, 0) is 16.0 Å². The number of carbonyl (C=O) groups excluding carboxylic acids is 2. The Labute approximate surface area is 162 Å². The lowest BCUT2D eigenvalue weighted by Crippen LogP contribution is -2.63. The zero-order valence-corrected chi connectivity index (χ0v) is 15.7. The van der Waals surface area contributed by atoms with Crippen molar-refractivity contribution in [2.75, 3.05) is 19.6 Å². The molecule has 2 amide bonds. The van der Waals surface area contributed by atoms with E-state index >= 15 is 0 Å².